The van der Waals surface area contributed by atoms with E-state index in [9.17, 15) is 27.2 Å². The van der Waals surface area contributed by atoms with Crippen LogP contribution in [0.15, 0.2) is 47.4 Å². The van der Waals surface area contributed by atoms with E-state index in [1.807, 2.05) is 13.8 Å². The highest BCUT2D eigenvalue weighted by molar-refractivity contribution is 6.35. The van der Waals surface area contributed by atoms with Gasteiger partial charge in [0.1, 0.15) is 5.82 Å². The number of pyridine rings is 1. The van der Waals surface area contributed by atoms with Crippen molar-refractivity contribution in [2.45, 2.75) is 38.9 Å². The number of carbonyl (C=O) groups excluding carboxylic acids is 1. The normalized spacial score (nSPS) is 12.7. The van der Waals surface area contributed by atoms with Crippen LogP contribution < -0.4 is 10.9 Å². The topological polar surface area (TPSA) is 51.1 Å². The number of amides is 1. The first-order valence-electron chi connectivity index (χ1n) is 9.51. The highest BCUT2D eigenvalue weighted by Gasteiger charge is 2.34. The van der Waals surface area contributed by atoms with E-state index < -0.39 is 23.5 Å². The van der Waals surface area contributed by atoms with E-state index in [1.54, 1.807) is 22.9 Å². The lowest BCUT2D eigenvalue weighted by molar-refractivity contribution is -0.140. The zero-order valence-corrected chi connectivity index (χ0v) is 17.4. The summed E-state index contributed by atoms with van der Waals surface area (Å²) in [5, 5.41) is 3.58. The third kappa shape index (κ3) is 4.74. The summed E-state index contributed by atoms with van der Waals surface area (Å²) >= 11 is 6.22. The van der Waals surface area contributed by atoms with Crippen LogP contribution in [0, 0.1) is 5.82 Å². The maximum Gasteiger partial charge on any atom is 0.419 e. The number of carbonyl (C=O) groups is 1. The molecule has 1 atom stereocenters. The predicted octanol–water partition coefficient (Wildman–Crippen LogP) is 5.97. The van der Waals surface area contributed by atoms with Crippen molar-refractivity contribution in [1.29, 1.82) is 0 Å². The fraction of sp³-hybridized carbons (Fsp3) is 0.273. The smallest absolute Gasteiger partial charge is 0.324 e. The van der Waals surface area contributed by atoms with E-state index in [0.717, 1.165) is 12.5 Å². The first-order valence-corrected chi connectivity index (χ1v) is 9.89. The van der Waals surface area contributed by atoms with E-state index in [1.165, 1.54) is 6.07 Å². The van der Waals surface area contributed by atoms with Gasteiger partial charge in [0.2, 0.25) is 5.91 Å². The number of hydrogen-bond acceptors (Lipinski definition) is 2. The average Bonchev–Trinajstić information content (AvgIpc) is 2.69. The number of halogens is 5. The van der Waals surface area contributed by atoms with E-state index in [2.05, 4.69) is 5.32 Å². The molecule has 0 spiro atoms. The molecule has 2 aromatic carbocycles. The summed E-state index contributed by atoms with van der Waals surface area (Å²) in [7, 11) is 0. The Bertz CT molecular complexity index is 1200. The molecule has 0 aliphatic carbocycles. The molecule has 1 amide bonds. The van der Waals surface area contributed by atoms with Crippen molar-refractivity contribution in [3.63, 3.8) is 0 Å². The predicted molar refractivity (Wildman–Crippen MR) is 112 cm³/mol. The molecule has 0 aliphatic rings. The van der Waals surface area contributed by atoms with Gasteiger partial charge in [0.05, 0.1) is 22.7 Å². The lowest BCUT2D eigenvalue weighted by Crippen LogP contribution is -2.23. The molecule has 4 nitrogen and oxygen atoms in total. The van der Waals surface area contributed by atoms with Crippen LogP contribution in [0.2, 0.25) is 5.02 Å². The number of fused-ring (bicyclic) bond motifs is 1. The van der Waals surface area contributed by atoms with Gasteiger partial charge in [-0.3, -0.25) is 9.59 Å². The Balaban J connectivity index is 1.90. The molecule has 0 saturated heterocycles. The molecule has 0 fully saturated rings. The number of aromatic nitrogens is 1. The summed E-state index contributed by atoms with van der Waals surface area (Å²) in [5.41, 5.74) is -1.35. The second kappa shape index (κ2) is 8.70. The Morgan fingerprint density at radius 2 is 1.87 bits per heavy atom. The molecule has 1 N–H and O–H groups in total. The van der Waals surface area contributed by atoms with Crippen LogP contribution in [0.3, 0.4) is 0 Å². The molecule has 1 aromatic heterocycles. The SMILES string of the molecule is CC[C@@H](C)n1ccc2c(NC(=O)Cc3ccc(C(F)(F)F)c(F)c3)c(Cl)ccc2c1=O. The van der Waals surface area contributed by atoms with E-state index in [0.29, 0.717) is 22.9 Å². The summed E-state index contributed by atoms with van der Waals surface area (Å²) in [6.07, 6.45) is -2.81. The van der Waals surface area contributed by atoms with Gasteiger partial charge in [0, 0.05) is 23.0 Å². The molecule has 3 rings (SSSR count). The van der Waals surface area contributed by atoms with E-state index >= 15 is 0 Å². The zero-order chi connectivity index (χ0) is 22.9. The number of benzene rings is 2. The molecule has 0 bridgehead atoms. The third-order valence-electron chi connectivity index (χ3n) is 5.10. The number of hydrogen-bond donors (Lipinski definition) is 1. The van der Waals surface area contributed by atoms with Crippen LogP contribution in [0.1, 0.15) is 37.4 Å². The third-order valence-corrected chi connectivity index (χ3v) is 5.41. The Morgan fingerprint density at radius 1 is 1.16 bits per heavy atom. The number of rotatable bonds is 5. The monoisotopic (exact) mass is 454 g/mol. The van der Waals surface area contributed by atoms with Crippen molar-refractivity contribution in [1.82, 2.24) is 4.57 Å². The first-order chi connectivity index (χ1) is 14.5. The van der Waals surface area contributed by atoms with Crippen LogP contribution in [0.5, 0.6) is 0 Å². The van der Waals surface area contributed by atoms with E-state index in [-0.39, 0.29) is 34.3 Å². The molecule has 9 heteroatoms. The maximum absolute atomic E-state index is 13.8. The Hall–Kier alpha value is -2.87. The summed E-state index contributed by atoms with van der Waals surface area (Å²) in [4.78, 5) is 25.3. The van der Waals surface area contributed by atoms with Crippen LogP contribution in [-0.2, 0) is 17.4 Å². The Kier molecular flexibility index (Phi) is 6.40. The number of anilines is 1. The van der Waals surface area contributed by atoms with Crippen molar-refractivity contribution >= 4 is 34.0 Å². The van der Waals surface area contributed by atoms with Crippen LogP contribution in [0.4, 0.5) is 23.2 Å². The average molecular weight is 455 g/mol. The standard InChI is InChI=1S/C22H19ClF4N2O2/c1-3-12(2)29-9-8-14-15(21(29)31)5-7-17(23)20(14)28-19(30)11-13-4-6-16(18(24)10-13)22(25,26)27/h4-10,12H,3,11H2,1-2H3,(H,28,30)/t12-/m1/s1. The molecule has 164 valence electrons. The molecular formula is C22H19ClF4N2O2. The Morgan fingerprint density at radius 3 is 2.48 bits per heavy atom. The van der Waals surface area contributed by atoms with Gasteiger partial charge in [-0.2, -0.15) is 13.2 Å². The minimum absolute atomic E-state index is 0.0137. The zero-order valence-electron chi connectivity index (χ0n) is 16.7. The summed E-state index contributed by atoms with van der Waals surface area (Å²) in [5.74, 6) is -2.06. The van der Waals surface area contributed by atoms with Gasteiger partial charge < -0.3 is 9.88 Å². The van der Waals surface area contributed by atoms with Crippen molar-refractivity contribution in [2.75, 3.05) is 5.32 Å². The van der Waals surface area contributed by atoms with Gasteiger partial charge in [-0.05, 0) is 49.2 Å². The molecule has 0 aliphatic heterocycles. The second-order valence-electron chi connectivity index (χ2n) is 7.21. The summed E-state index contributed by atoms with van der Waals surface area (Å²) < 4.78 is 53.4. The molecule has 1 heterocycles. The van der Waals surface area contributed by atoms with E-state index in [4.69, 9.17) is 11.6 Å². The molecule has 0 saturated carbocycles. The lowest BCUT2D eigenvalue weighted by atomic mass is 10.1. The van der Waals surface area contributed by atoms with Crippen molar-refractivity contribution < 1.29 is 22.4 Å². The largest absolute Gasteiger partial charge is 0.419 e. The number of alkyl halides is 3. The van der Waals surface area contributed by atoms with Crippen molar-refractivity contribution in [3.8, 4) is 0 Å². The van der Waals surface area contributed by atoms with Crippen LogP contribution in [0.25, 0.3) is 10.8 Å². The van der Waals surface area contributed by atoms with Gasteiger partial charge in [-0.25, -0.2) is 4.39 Å². The molecule has 0 unspecified atom stereocenters. The highest BCUT2D eigenvalue weighted by Crippen LogP contribution is 2.32. The van der Waals surface area contributed by atoms with Crippen LogP contribution >= 0.6 is 11.6 Å². The Labute approximate surface area is 180 Å². The quantitative estimate of drug-likeness (QED) is 0.483. The molecule has 3 aromatic rings. The first kappa shape index (κ1) is 22.8. The second-order valence-corrected chi connectivity index (χ2v) is 7.61. The van der Waals surface area contributed by atoms with Crippen molar-refractivity contribution in [2.24, 2.45) is 0 Å². The molecular weight excluding hydrogens is 436 g/mol. The van der Waals surface area contributed by atoms with Gasteiger partial charge in [-0.15, -0.1) is 0 Å². The molecule has 0 radical (unpaired) electrons. The highest BCUT2D eigenvalue weighted by atomic mass is 35.5. The van der Waals surface area contributed by atoms with Gasteiger partial charge in [0.15, 0.2) is 0 Å². The van der Waals surface area contributed by atoms with Crippen molar-refractivity contribution in [3.05, 3.63) is 74.9 Å². The number of nitrogens with zero attached hydrogens (tertiary/aromatic N) is 1. The van der Waals surface area contributed by atoms with Gasteiger partial charge in [-0.1, -0.05) is 24.6 Å². The minimum atomic E-state index is -4.82. The van der Waals surface area contributed by atoms with Gasteiger partial charge in [0.25, 0.3) is 5.56 Å². The lowest BCUT2D eigenvalue weighted by Gasteiger charge is -2.16. The summed E-state index contributed by atoms with van der Waals surface area (Å²) in [6, 6.07) is 7.03. The number of nitrogens with one attached hydrogen (secondary N) is 1. The maximum atomic E-state index is 13.8. The summed E-state index contributed by atoms with van der Waals surface area (Å²) in [6.45, 7) is 3.87. The molecule has 31 heavy (non-hydrogen) atoms. The van der Waals surface area contributed by atoms with Gasteiger partial charge >= 0.3 is 6.18 Å². The van der Waals surface area contributed by atoms with Crippen LogP contribution in [-0.4, -0.2) is 10.5 Å². The minimum Gasteiger partial charge on any atom is -0.324 e. The fourth-order valence-corrected chi connectivity index (χ4v) is 3.46. The fourth-order valence-electron chi connectivity index (χ4n) is 3.25.